The summed E-state index contributed by atoms with van der Waals surface area (Å²) in [6, 6.07) is 17.5. The van der Waals surface area contributed by atoms with Gasteiger partial charge in [-0.3, -0.25) is 0 Å². The molecule has 3 rings (SSSR count). The van der Waals surface area contributed by atoms with Crippen molar-refractivity contribution in [2.45, 2.75) is 4.90 Å². The summed E-state index contributed by atoms with van der Waals surface area (Å²) < 4.78 is 20.5. The first-order valence-corrected chi connectivity index (χ1v) is 6.39. The monoisotopic (exact) mass is 242 g/mol. The topological polar surface area (TPSA) is 37.3 Å². The van der Waals surface area contributed by atoms with Crippen LogP contribution >= 0.6 is 0 Å². The zero-order valence-corrected chi connectivity index (χ0v) is 9.78. The maximum Gasteiger partial charge on any atom is 0.187 e. The molecule has 0 heterocycles. The Hall–Kier alpha value is -1.71. The minimum absolute atomic E-state index is 0.466. The standard InChI is InChI=1S/C14H10O2S/c15-17(16)14-7-3-6-12-8-10-4-1-2-5-11(10)9-13(12)14/h1-9H,(H,15,16). The van der Waals surface area contributed by atoms with Gasteiger partial charge in [-0.05, 0) is 34.4 Å². The van der Waals surface area contributed by atoms with Gasteiger partial charge in [0.25, 0.3) is 0 Å². The maximum atomic E-state index is 11.3. The summed E-state index contributed by atoms with van der Waals surface area (Å²) in [5.74, 6) is 0. The summed E-state index contributed by atoms with van der Waals surface area (Å²) in [5.41, 5.74) is 0. The molecule has 0 aliphatic carbocycles. The molecule has 3 aromatic rings. The van der Waals surface area contributed by atoms with Crippen molar-refractivity contribution in [3.63, 3.8) is 0 Å². The lowest BCUT2D eigenvalue weighted by atomic mass is 10.0. The zero-order chi connectivity index (χ0) is 11.8. The molecule has 1 N–H and O–H groups in total. The third kappa shape index (κ3) is 1.73. The van der Waals surface area contributed by atoms with Crippen LogP contribution < -0.4 is 0 Å². The lowest BCUT2D eigenvalue weighted by Crippen LogP contribution is -1.89. The summed E-state index contributed by atoms with van der Waals surface area (Å²) in [6.07, 6.45) is 0. The van der Waals surface area contributed by atoms with E-state index >= 15 is 0 Å². The minimum atomic E-state index is -1.95. The third-order valence-corrected chi connectivity index (χ3v) is 3.63. The van der Waals surface area contributed by atoms with Crippen LogP contribution in [0.25, 0.3) is 21.5 Å². The van der Waals surface area contributed by atoms with Crippen molar-refractivity contribution < 1.29 is 8.76 Å². The van der Waals surface area contributed by atoms with Crippen molar-refractivity contribution in [1.82, 2.24) is 0 Å². The minimum Gasteiger partial charge on any atom is -0.302 e. The predicted octanol–water partition coefficient (Wildman–Crippen LogP) is 3.57. The average molecular weight is 242 g/mol. The van der Waals surface area contributed by atoms with Gasteiger partial charge in [-0.2, -0.15) is 0 Å². The molecule has 3 heteroatoms. The largest absolute Gasteiger partial charge is 0.302 e. The molecule has 1 atom stereocenters. The summed E-state index contributed by atoms with van der Waals surface area (Å²) in [4.78, 5) is 0.466. The van der Waals surface area contributed by atoms with Crippen LogP contribution in [-0.4, -0.2) is 8.76 Å². The number of hydrogen-bond donors (Lipinski definition) is 1. The van der Waals surface area contributed by atoms with Crippen LogP contribution in [-0.2, 0) is 11.1 Å². The Balaban J connectivity index is 2.47. The van der Waals surface area contributed by atoms with E-state index < -0.39 is 11.1 Å². The van der Waals surface area contributed by atoms with Crippen molar-refractivity contribution in [2.75, 3.05) is 0 Å². The van der Waals surface area contributed by atoms with E-state index in [2.05, 4.69) is 0 Å². The lowest BCUT2D eigenvalue weighted by molar-refractivity contribution is 0.565. The maximum absolute atomic E-state index is 11.3. The predicted molar refractivity (Wildman–Crippen MR) is 70.5 cm³/mol. The van der Waals surface area contributed by atoms with Crippen molar-refractivity contribution in [1.29, 1.82) is 0 Å². The van der Waals surface area contributed by atoms with E-state index in [1.807, 2.05) is 42.5 Å². The Labute approximate surface area is 101 Å². The van der Waals surface area contributed by atoms with E-state index in [1.165, 1.54) is 0 Å². The molecule has 0 aliphatic rings. The molecule has 3 aromatic carbocycles. The first-order valence-electron chi connectivity index (χ1n) is 5.28. The Morgan fingerprint density at radius 3 is 2.18 bits per heavy atom. The fraction of sp³-hybridized carbons (Fsp3) is 0. The van der Waals surface area contributed by atoms with Crippen LogP contribution in [0.15, 0.2) is 59.5 Å². The van der Waals surface area contributed by atoms with Gasteiger partial charge in [-0.1, -0.05) is 36.4 Å². The van der Waals surface area contributed by atoms with Gasteiger partial charge >= 0.3 is 0 Å². The number of rotatable bonds is 1. The van der Waals surface area contributed by atoms with E-state index in [1.54, 1.807) is 12.1 Å². The van der Waals surface area contributed by atoms with Gasteiger partial charge < -0.3 is 4.55 Å². The molecule has 0 aromatic heterocycles. The van der Waals surface area contributed by atoms with Gasteiger partial charge in [0.15, 0.2) is 11.1 Å². The summed E-state index contributed by atoms with van der Waals surface area (Å²) in [7, 11) is 0. The SMILES string of the molecule is O=S(O)c1cccc2cc3ccccc3cc12. The van der Waals surface area contributed by atoms with Crippen LogP contribution in [0.3, 0.4) is 0 Å². The molecule has 0 fully saturated rings. The molecule has 0 amide bonds. The Morgan fingerprint density at radius 1 is 0.824 bits per heavy atom. The van der Waals surface area contributed by atoms with Gasteiger partial charge in [-0.15, -0.1) is 0 Å². The third-order valence-electron chi connectivity index (χ3n) is 2.89. The first kappa shape index (κ1) is 10.4. The highest BCUT2D eigenvalue weighted by molar-refractivity contribution is 7.79. The highest BCUT2D eigenvalue weighted by Crippen LogP contribution is 2.26. The number of fused-ring (bicyclic) bond motifs is 2. The molecular formula is C14H10O2S. The van der Waals surface area contributed by atoms with Crippen LogP contribution in [0.1, 0.15) is 0 Å². The van der Waals surface area contributed by atoms with Gasteiger partial charge in [-0.25, -0.2) is 4.21 Å². The van der Waals surface area contributed by atoms with E-state index in [-0.39, 0.29) is 0 Å². The van der Waals surface area contributed by atoms with Crippen LogP contribution in [0.5, 0.6) is 0 Å². The van der Waals surface area contributed by atoms with Crippen LogP contribution in [0.4, 0.5) is 0 Å². The van der Waals surface area contributed by atoms with Gasteiger partial charge in [0.1, 0.15) is 0 Å². The van der Waals surface area contributed by atoms with Gasteiger partial charge in [0.05, 0.1) is 4.90 Å². The normalized spacial score (nSPS) is 13.0. The van der Waals surface area contributed by atoms with E-state index in [0.29, 0.717) is 4.90 Å². The van der Waals surface area contributed by atoms with E-state index in [9.17, 15) is 8.76 Å². The highest BCUT2D eigenvalue weighted by atomic mass is 32.2. The summed E-state index contributed by atoms with van der Waals surface area (Å²) >= 11 is -1.95. The van der Waals surface area contributed by atoms with E-state index in [4.69, 9.17) is 0 Å². The first-order chi connectivity index (χ1) is 8.25. The van der Waals surface area contributed by atoms with Gasteiger partial charge in [0.2, 0.25) is 0 Å². The van der Waals surface area contributed by atoms with Crippen molar-refractivity contribution in [3.8, 4) is 0 Å². The molecule has 1 unspecified atom stereocenters. The molecule has 0 radical (unpaired) electrons. The Morgan fingerprint density at radius 2 is 1.47 bits per heavy atom. The zero-order valence-electron chi connectivity index (χ0n) is 8.96. The second kappa shape index (κ2) is 3.95. The second-order valence-corrected chi connectivity index (χ2v) is 4.86. The van der Waals surface area contributed by atoms with Crippen molar-refractivity contribution >= 4 is 32.6 Å². The molecule has 84 valence electrons. The van der Waals surface area contributed by atoms with Crippen molar-refractivity contribution in [2.24, 2.45) is 0 Å². The fourth-order valence-corrected chi connectivity index (χ4v) is 2.65. The van der Waals surface area contributed by atoms with Gasteiger partial charge in [0, 0.05) is 5.39 Å². The number of benzene rings is 3. The molecule has 0 spiro atoms. The highest BCUT2D eigenvalue weighted by Gasteiger charge is 2.06. The Bertz CT molecular complexity index is 734. The molecule has 17 heavy (non-hydrogen) atoms. The smallest absolute Gasteiger partial charge is 0.187 e. The number of hydrogen-bond acceptors (Lipinski definition) is 1. The molecule has 0 saturated heterocycles. The molecular weight excluding hydrogens is 232 g/mol. The van der Waals surface area contributed by atoms with Crippen molar-refractivity contribution in [3.05, 3.63) is 54.6 Å². The fourth-order valence-electron chi connectivity index (χ4n) is 2.09. The van der Waals surface area contributed by atoms with Crippen LogP contribution in [0, 0.1) is 0 Å². The van der Waals surface area contributed by atoms with Crippen LogP contribution in [0.2, 0.25) is 0 Å². The van der Waals surface area contributed by atoms with E-state index in [0.717, 1.165) is 21.5 Å². The lowest BCUT2D eigenvalue weighted by Gasteiger charge is -2.05. The average Bonchev–Trinajstić information content (AvgIpc) is 2.35. The molecule has 2 nitrogen and oxygen atoms in total. The molecule has 0 bridgehead atoms. The molecule has 0 aliphatic heterocycles. The summed E-state index contributed by atoms with van der Waals surface area (Å²) in [5, 5.41) is 4.05. The Kier molecular flexibility index (Phi) is 2.42. The quantitative estimate of drug-likeness (QED) is 0.523. The summed E-state index contributed by atoms with van der Waals surface area (Å²) in [6.45, 7) is 0. The molecule has 0 saturated carbocycles. The second-order valence-electron chi connectivity index (χ2n) is 3.93.